The fourth-order valence-corrected chi connectivity index (χ4v) is 2.12. The van der Waals surface area contributed by atoms with Crippen molar-refractivity contribution in [1.29, 1.82) is 0 Å². The standard InChI is InChI=1S/C16H21N3O2/c1-3-10-19(11-4-2)16(20)17-15-12-14(21-18-15)13-8-6-5-7-9-13/h5-9,12H,3-4,10-11H2,1-2H3,(H,17,18,20). The Kier molecular flexibility index (Phi) is 5.37. The number of urea groups is 1. The molecule has 1 N–H and O–H groups in total. The Morgan fingerprint density at radius 3 is 2.48 bits per heavy atom. The molecule has 0 aliphatic heterocycles. The van der Waals surface area contributed by atoms with Gasteiger partial charge in [-0.3, -0.25) is 5.32 Å². The van der Waals surface area contributed by atoms with E-state index in [2.05, 4.69) is 24.3 Å². The third-order valence-electron chi connectivity index (χ3n) is 3.08. The van der Waals surface area contributed by atoms with E-state index in [0.717, 1.165) is 31.5 Å². The highest BCUT2D eigenvalue weighted by atomic mass is 16.5. The smallest absolute Gasteiger partial charge is 0.323 e. The van der Waals surface area contributed by atoms with Crippen molar-refractivity contribution >= 4 is 11.8 Å². The topological polar surface area (TPSA) is 58.4 Å². The van der Waals surface area contributed by atoms with Gasteiger partial charge in [0.15, 0.2) is 11.6 Å². The quantitative estimate of drug-likeness (QED) is 0.873. The van der Waals surface area contributed by atoms with Crippen LogP contribution in [0.5, 0.6) is 0 Å². The van der Waals surface area contributed by atoms with Crippen LogP contribution < -0.4 is 5.32 Å². The second kappa shape index (κ2) is 7.47. The lowest BCUT2D eigenvalue weighted by Gasteiger charge is -2.20. The van der Waals surface area contributed by atoms with Gasteiger partial charge in [-0.2, -0.15) is 0 Å². The molecule has 0 aliphatic rings. The minimum Gasteiger partial charge on any atom is -0.354 e. The second-order valence-electron chi connectivity index (χ2n) is 4.86. The molecule has 0 unspecified atom stereocenters. The summed E-state index contributed by atoms with van der Waals surface area (Å²) in [4.78, 5) is 14.0. The van der Waals surface area contributed by atoms with E-state index in [1.165, 1.54) is 0 Å². The lowest BCUT2D eigenvalue weighted by atomic mass is 10.2. The number of amides is 2. The SMILES string of the molecule is CCCN(CCC)C(=O)Nc1cc(-c2ccccc2)on1. The van der Waals surface area contributed by atoms with Crippen LogP contribution >= 0.6 is 0 Å². The third-order valence-corrected chi connectivity index (χ3v) is 3.08. The zero-order chi connectivity index (χ0) is 15.1. The molecule has 5 nitrogen and oxygen atoms in total. The van der Waals surface area contributed by atoms with E-state index in [9.17, 15) is 4.79 Å². The molecule has 0 aliphatic carbocycles. The molecule has 2 aromatic rings. The van der Waals surface area contributed by atoms with Crippen molar-refractivity contribution in [2.24, 2.45) is 0 Å². The van der Waals surface area contributed by atoms with Crippen molar-refractivity contribution < 1.29 is 9.32 Å². The normalized spacial score (nSPS) is 10.4. The van der Waals surface area contributed by atoms with Crippen molar-refractivity contribution in [3.63, 3.8) is 0 Å². The Balaban J connectivity index is 2.03. The molecule has 2 amide bonds. The fourth-order valence-electron chi connectivity index (χ4n) is 2.12. The first-order valence-electron chi connectivity index (χ1n) is 7.32. The van der Waals surface area contributed by atoms with Gasteiger partial charge in [0.25, 0.3) is 0 Å². The average molecular weight is 287 g/mol. The van der Waals surface area contributed by atoms with Gasteiger partial charge in [-0.1, -0.05) is 49.3 Å². The van der Waals surface area contributed by atoms with Gasteiger partial charge in [0, 0.05) is 24.7 Å². The summed E-state index contributed by atoms with van der Waals surface area (Å²) >= 11 is 0. The van der Waals surface area contributed by atoms with Gasteiger partial charge in [0.1, 0.15) is 0 Å². The molecule has 0 fully saturated rings. The minimum absolute atomic E-state index is 0.133. The van der Waals surface area contributed by atoms with Gasteiger partial charge >= 0.3 is 6.03 Å². The molecule has 1 aromatic carbocycles. The summed E-state index contributed by atoms with van der Waals surface area (Å²) in [5.74, 6) is 1.08. The van der Waals surface area contributed by atoms with E-state index in [4.69, 9.17) is 4.52 Å². The van der Waals surface area contributed by atoms with Crippen LogP contribution in [0.25, 0.3) is 11.3 Å². The summed E-state index contributed by atoms with van der Waals surface area (Å²) in [7, 11) is 0. The Labute approximate surface area is 124 Å². The number of nitrogens with zero attached hydrogens (tertiary/aromatic N) is 2. The van der Waals surface area contributed by atoms with Crippen LogP contribution in [0, 0.1) is 0 Å². The van der Waals surface area contributed by atoms with Crippen LogP contribution in [0.15, 0.2) is 40.9 Å². The predicted octanol–water partition coefficient (Wildman–Crippen LogP) is 4.00. The number of nitrogens with one attached hydrogen (secondary N) is 1. The molecule has 5 heteroatoms. The summed E-state index contributed by atoms with van der Waals surface area (Å²) in [6.07, 6.45) is 1.86. The molecule has 0 saturated heterocycles. The van der Waals surface area contributed by atoms with Crippen molar-refractivity contribution in [3.8, 4) is 11.3 Å². The fraction of sp³-hybridized carbons (Fsp3) is 0.375. The Morgan fingerprint density at radius 1 is 1.19 bits per heavy atom. The van der Waals surface area contributed by atoms with Crippen LogP contribution in [-0.4, -0.2) is 29.2 Å². The molecule has 21 heavy (non-hydrogen) atoms. The van der Waals surface area contributed by atoms with Gasteiger partial charge in [-0.25, -0.2) is 4.79 Å². The van der Waals surface area contributed by atoms with Crippen LogP contribution in [0.2, 0.25) is 0 Å². The molecule has 0 saturated carbocycles. The zero-order valence-corrected chi connectivity index (χ0v) is 12.5. The molecular formula is C16H21N3O2. The second-order valence-corrected chi connectivity index (χ2v) is 4.86. The number of hydrogen-bond donors (Lipinski definition) is 1. The Hall–Kier alpha value is -2.30. The van der Waals surface area contributed by atoms with Gasteiger partial charge < -0.3 is 9.42 Å². The first-order valence-corrected chi connectivity index (χ1v) is 7.32. The number of aromatic nitrogens is 1. The number of hydrogen-bond acceptors (Lipinski definition) is 3. The molecule has 0 spiro atoms. The molecule has 1 aromatic heterocycles. The van der Waals surface area contributed by atoms with Gasteiger partial charge in [0.05, 0.1) is 0 Å². The highest BCUT2D eigenvalue weighted by molar-refractivity contribution is 5.88. The van der Waals surface area contributed by atoms with Crippen LogP contribution in [0.4, 0.5) is 10.6 Å². The van der Waals surface area contributed by atoms with E-state index < -0.39 is 0 Å². The number of carbonyl (C=O) groups is 1. The van der Waals surface area contributed by atoms with Crippen LogP contribution in [0.1, 0.15) is 26.7 Å². The number of rotatable bonds is 6. The van der Waals surface area contributed by atoms with Crippen LogP contribution in [0.3, 0.4) is 0 Å². The first-order chi connectivity index (χ1) is 10.2. The summed E-state index contributed by atoms with van der Waals surface area (Å²) in [6, 6.07) is 11.3. The molecule has 0 atom stereocenters. The summed E-state index contributed by atoms with van der Waals surface area (Å²) in [5, 5.41) is 6.69. The maximum atomic E-state index is 12.2. The van der Waals surface area contributed by atoms with E-state index in [0.29, 0.717) is 11.6 Å². The lowest BCUT2D eigenvalue weighted by molar-refractivity contribution is 0.211. The summed E-state index contributed by atoms with van der Waals surface area (Å²) in [6.45, 7) is 5.59. The molecule has 2 rings (SSSR count). The van der Waals surface area contributed by atoms with Crippen LogP contribution in [-0.2, 0) is 0 Å². The molecule has 0 radical (unpaired) electrons. The molecular weight excluding hydrogens is 266 g/mol. The monoisotopic (exact) mass is 287 g/mol. The van der Waals surface area contributed by atoms with Gasteiger partial charge in [-0.05, 0) is 12.8 Å². The largest absolute Gasteiger partial charge is 0.354 e. The van der Waals surface area contributed by atoms with Crippen molar-refractivity contribution in [3.05, 3.63) is 36.4 Å². The van der Waals surface area contributed by atoms with Gasteiger partial charge in [0.2, 0.25) is 0 Å². The van der Waals surface area contributed by atoms with E-state index in [1.54, 1.807) is 11.0 Å². The average Bonchev–Trinajstić information content (AvgIpc) is 2.96. The van der Waals surface area contributed by atoms with Crippen molar-refractivity contribution in [1.82, 2.24) is 10.1 Å². The number of benzene rings is 1. The maximum absolute atomic E-state index is 12.2. The zero-order valence-electron chi connectivity index (χ0n) is 12.5. The maximum Gasteiger partial charge on any atom is 0.323 e. The van der Waals surface area contributed by atoms with E-state index in [-0.39, 0.29) is 6.03 Å². The predicted molar refractivity (Wildman–Crippen MR) is 83.1 cm³/mol. The third kappa shape index (κ3) is 4.08. The first kappa shape index (κ1) is 15.1. The summed E-state index contributed by atoms with van der Waals surface area (Å²) < 4.78 is 5.27. The van der Waals surface area contributed by atoms with Crippen molar-refractivity contribution in [2.75, 3.05) is 18.4 Å². The Bertz CT molecular complexity index is 560. The molecule has 0 bridgehead atoms. The number of anilines is 1. The number of carbonyl (C=O) groups excluding carboxylic acids is 1. The van der Waals surface area contributed by atoms with Crippen molar-refractivity contribution in [2.45, 2.75) is 26.7 Å². The minimum atomic E-state index is -0.133. The highest BCUT2D eigenvalue weighted by Gasteiger charge is 2.14. The van der Waals surface area contributed by atoms with E-state index in [1.807, 2.05) is 30.3 Å². The molecule has 1 heterocycles. The summed E-state index contributed by atoms with van der Waals surface area (Å²) in [5.41, 5.74) is 0.935. The molecule has 112 valence electrons. The Morgan fingerprint density at radius 2 is 1.86 bits per heavy atom. The van der Waals surface area contributed by atoms with Gasteiger partial charge in [-0.15, -0.1) is 0 Å². The lowest BCUT2D eigenvalue weighted by Crippen LogP contribution is -2.36. The highest BCUT2D eigenvalue weighted by Crippen LogP contribution is 2.22. The van der Waals surface area contributed by atoms with E-state index >= 15 is 0 Å².